The number of anilines is 1. The van der Waals surface area contributed by atoms with Crippen molar-refractivity contribution in [3.8, 4) is 0 Å². The minimum atomic E-state index is 0.973. The molecule has 0 spiro atoms. The summed E-state index contributed by atoms with van der Waals surface area (Å²) in [7, 11) is 2.06. The van der Waals surface area contributed by atoms with Gasteiger partial charge in [0.25, 0.3) is 0 Å². The van der Waals surface area contributed by atoms with Gasteiger partial charge in [-0.1, -0.05) is 30.3 Å². The predicted molar refractivity (Wildman–Crippen MR) is 66.5 cm³/mol. The second kappa shape index (κ2) is 5.31. The number of hydrogen-bond acceptors (Lipinski definition) is 2. The molecule has 0 atom stereocenters. The van der Waals surface area contributed by atoms with E-state index in [4.69, 9.17) is 0 Å². The lowest BCUT2D eigenvalue weighted by Crippen LogP contribution is -2.21. The van der Waals surface area contributed by atoms with Gasteiger partial charge in [0, 0.05) is 25.9 Å². The molecule has 2 rings (SSSR count). The van der Waals surface area contributed by atoms with Crippen molar-refractivity contribution in [3.05, 3.63) is 60.3 Å². The molecule has 0 saturated carbocycles. The summed E-state index contributed by atoms with van der Waals surface area (Å²) in [6.07, 6.45) is 2.74. The van der Waals surface area contributed by atoms with E-state index < -0.39 is 0 Å². The summed E-state index contributed by atoms with van der Waals surface area (Å²) in [6, 6.07) is 17.3. The average Bonchev–Trinajstić information content (AvgIpc) is 2.38. The molecule has 2 heteroatoms. The standard InChI is InChI=1S/C14H15N2/c1-16(14-9-5-6-11-15-14)12-10-13-7-3-2-4-8-13/h2-5,7-9,11H,10,12H2,1H3. The van der Waals surface area contributed by atoms with Gasteiger partial charge in [-0.05, 0) is 24.1 Å². The summed E-state index contributed by atoms with van der Waals surface area (Å²) in [4.78, 5) is 6.41. The van der Waals surface area contributed by atoms with Crippen molar-refractivity contribution >= 4 is 5.82 Å². The van der Waals surface area contributed by atoms with E-state index in [0.29, 0.717) is 0 Å². The van der Waals surface area contributed by atoms with Gasteiger partial charge in [0.2, 0.25) is 0 Å². The van der Waals surface area contributed by atoms with E-state index in [-0.39, 0.29) is 0 Å². The highest BCUT2D eigenvalue weighted by Gasteiger charge is 2.00. The molecule has 2 aromatic rings. The van der Waals surface area contributed by atoms with Crippen LogP contribution in [0.5, 0.6) is 0 Å². The Labute approximate surface area is 96.6 Å². The van der Waals surface area contributed by atoms with Crippen LogP contribution in [0, 0.1) is 6.07 Å². The Morgan fingerprint density at radius 3 is 2.69 bits per heavy atom. The summed E-state index contributed by atoms with van der Waals surface area (Å²) in [5.41, 5.74) is 1.36. The highest BCUT2D eigenvalue weighted by Crippen LogP contribution is 2.08. The topological polar surface area (TPSA) is 16.1 Å². The fraction of sp³-hybridized carbons (Fsp3) is 0.214. The lowest BCUT2D eigenvalue weighted by atomic mass is 10.1. The van der Waals surface area contributed by atoms with Gasteiger partial charge in [-0.25, -0.2) is 4.98 Å². The van der Waals surface area contributed by atoms with Gasteiger partial charge in [-0.3, -0.25) is 0 Å². The molecule has 0 aliphatic carbocycles. The third kappa shape index (κ3) is 2.83. The number of aromatic nitrogens is 1. The van der Waals surface area contributed by atoms with Crippen LogP contribution in [0.2, 0.25) is 0 Å². The monoisotopic (exact) mass is 211 g/mol. The zero-order valence-corrected chi connectivity index (χ0v) is 9.43. The third-order valence-corrected chi connectivity index (χ3v) is 2.57. The van der Waals surface area contributed by atoms with E-state index in [2.05, 4.69) is 47.3 Å². The summed E-state index contributed by atoms with van der Waals surface area (Å²) >= 11 is 0. The first-order valence-electron chi connectivity index (χ1n) is 5.43. The van der Waals surface area contributed by atoms with Gasteiger partial charge in [-0.15, -0.1) is 0 Å². The van der Waals surface area contributed by atoms with E-state index >= 15 is 0 Å². The minimum absolute atomic E-state index is 0.973. The van der Waals surface area contributed by atoms with E-state index in [1.807, 2.05) is 18.2 Å². The number of likely N-dealkylation sites (N-methyl/N-ethyl adjacent to an activating group) is 1. The average molecular weight is 211 g/mol. The molecule has 81 valence electrons. The fourth-order valence-electron chi connectivity index (χ4n) is 1.59. The van der Waals surface area contributed by atoms with Crippen molar-refractivity contribution in [2.75, 3.05) is 18.5 Å². The second-order valence-corrected chi connectivity index (χ2v) is 3.77. The first-order chi connectivity index (χ1) is 7.86. The van der Waals surface area contributed by atoms with E-state index in [1.54, 1.807) is 6.20 Å². The molecule has 0 amide bonds. The van der Waals surface area contributed by atoms with Gasteiger partial charge < -0.3 is 4.90 Å². The van der Waals surface area contributed by atoms with Crippen LogP contribution in [0.4, 0.5) is 5.82 Å². The number of nitrogens with zero attached hydrogens (tertiary/aromatic N) is 2. The molecule has 1 aromatic heterocycles. The molecule has 16 heavy (non-hydrogen) atoms. The predicted octanol–water partition coefficient (Wildman–Crippen LogP) is 2.56. The lowest BCUT2D eigenvalue weighted by Gasteiger charge is -2.17. The maximum absolute atomic E-state index is 4.26. The highest BCUT2D eigenvalue weighted by atomic mass is 15.2. The molecule has 0 N–H and O–H groups in total. The normalized spacial score (nSPS) is 10.1. The van der Waals surface area contributed by atoms with Crippen molar-refractivity contribution in [2.24, 2.45) is 0 Å². The summed E-state index contributed by atoms with van der Waals surface area (Å²) in [5.74, 6) is 0.995. The molecule has 0 aliphatic rings. The Bertz CT molecular complexity index is 411. The molecule has 2 nitrogen and oxygen atoms in total. The van der Waals surface area contributed by atoms with Crippen LogP contribution < -0.4 is 4.90 Å². The quantitative estimate of drug-likeness (QED) is 0.772. The van der Waals surface area contributed by atoms with Crippen molar-refractivity contribution in [3.63, 3.8) is 0 Å². The van der Waals surface area contributed by atoms with E-state index in [9.17, 15) is 0 Å². The Hall–Kier alpha value is -1.83. The van der Waals surface area contributed by atoms with Gasteiger partial charge in [0.05, 0.1) is 0 Å². The maximum atomic E-state index is 4.26. The number of hydrogen-bond donors (Lipinski definition) is 0. The molecule has 0 fully saturated rings. The van der Waals surface area contributed by atoms with Crippen LogP contribution in [0.25, 0.3) is 0 Å². The van der Waals surface area contributed by atoms with Crippen LogP contribution in [0.15, 0.2) is 48.7 Å². The van der Waals surface area contributed by atoms with Gasteiger partial charge >= 0.3 is 0 Å². The second-order valence-electron chi connectivity index (χ2n) is 3.77. The zero-order chi connectivity index (χ0) is 11.2. The number of pyridine rings is 1. The van der Waals surface area contributed by atoms with Crippen LogP contribution in [0.1, 0.15) is 5.56 Å². The summed E-state index contributed by atoms with van der Waals surface area (Å²) in [6.45, 7) is 0.973. The van der Waals surface area contributed by atoms with E-state index in [1.165, 1.54) is 5.56 Å². The first-order valence-corrected chi connectivity index (χ1v) is 5.43. The maximum Gasteiger partial charge on any atom is 0.128 e. The van der Waals surface area contributed by atoms with Gasteiger partial charge in [-0.2, -0.15) is 0 Å². The molecule has 1 radical (unpaired) electrons. The van der Waals surface area contributed by atoms with Crippen molar-refractivity contribution < 1.29 is 0 Å². The zero-order valence-electron chi connectivity index (χ0n) is 9.43. The minimum Gasteiger partial charge on any atom is -0.359 e. The Balaban J connectivity index is 1.92. The Morgan fingerprint density at radius 2 is 2.00 bits per heavy atom. The molecule has 0 bridgehead atoms. The van der Waals surface area contributed by atoms with Crippen molar-refractivity contribution in [1.29, 1.82) is 0 Å². The largest absolute Gasteiger partial charge is 0.359 e. The molecule has 0 unspecified atom stereocenters. The molecule has 1 aromatic carbocycles. The number of rotatable bonds is 4. The van der Waals surface area contributed by atoms with Crippen LogP contribution >= 0.6 is 0 Å². The molecular weight excluding hydrogens is 196 g/mol. The van der Waals surface area contributed by atoms with Gasteiger partial charge in [0.15, 0.2) is 0 Å². The summed E-state index contributed by atoms with van der Waals surface area (Å²) in [5, 5.41) is 0. The van der Waals surface area contributed by atoms with Crippen LogP contribution in [-0.4, -0.2) is 18.6 Å². The highest BCUT2D eigenvalue weighted by molar-refractivity contribution is 5.36. The van der Waals surface area contributed by atoms with E-state index in [0.717, 1.165) is 18.8 Å². The summed E-state index contributed by atoms with van der Waals surface area (Å²) < 4.78 is 0. The molecule has 0 saturated heterocycles. The molecule has 0 aliphatic heterocycles. The first kappa shape index (κ1) is 10.7. The lowest BCUT2D eigenvalue weighted by molar-refractivity contribution is 0.860. The van der Waals surface area contributed by atoms with Crippen molar-refractivity contribution in [1.82, 2.24) is 4.98 Å². The fourth-order valence-corrected chi connectivity index (χ4v) is 1.59. The smallest absolute Gasteiger partial charge is 0.128 e. The van der Waals surface area contributed by atoms with Crippen LogP contribution in [-0.2, 0) is 6.42 Å². The number of benzene rings is 1. The Kier molecular flexibility index (Phi) is 3.54. The molecule has 1 heterocycles. The van der Waals surface area contributed by atoms with Gasteiger partial charge in [0.1, 0.15) is 5.82 Å². The molecular formula is C14H15N2. The van der Waals surface area contributed by atoms with Crippen LogP contribution in [0.3, 0.4) is 0 Å². The Morgan fingerprint density at radius 1 is 1.19 bits per heavy atom. The third-order valence-electron chi connectivity index (χ3n) is 2.57. The SMILES string of the molecule is CN(CCc1ccccc1)c1cc[c]cn1. The van der Waals surface area contributed by atoms with Crippen molar-refractivity contribution in [2.45, 2.75) is 6.42 Å².